The van der Waals surface area contributed by atoms with Crippen molar-refractivity contribution in [1.82, 2.24) is 19.5 Å². The van der Waals surface area contributed by atoms with Gasteiger partial charge < -0.3 is 54.3 Å². The van der Waals surface area contributed by atoms with Crippen LogP contribution in [0.5, 0.6) is 0 Å². The van der Waals surface area contributed by atoms with Gasteiger partial charge in [0.25, 0.3) is 29.4 Å². The Hall–Kier alpha value is -2.48. The van der Waals surface area contributed by atoms with Crippen LogP contribution in [-0.2, 0) is 45.8 Å². The van der Waals surface area contributed by atoms with Crippen LogP contribution < -0.4 is 25.7 Å². The van der Waals surface area contributed by atoms with Crippen molar-refractivity contribution in [3.05, 3.63) is 28.0 Å². The van der Waals surface area contributed by atoms with E-state index in [2.05, 4.69) is 33.4 Å². The minimum absolute atomic E-state index is 0.0312. The predicted molar refractivity (Wildman–Crippen MR) is 135 cm³/mol. The summed E-state index contributed by atoms with van der Waals surface area (Å²) in [6.45, 7) is -1.01. The lowest BCUT2D eigenvalue weighted by Crippen LogP contribution is -2.34. The Morgan fingerprint density at radius 3 is 2.67 bits per heavy atom. The first-order chi connectivity index (χ1) is 20.1. The van der Waals surface area contributed by atoms with Gasteiger partial charge in [-0.25, -0.2) is 18.6 Å². The van der Waals surface area contributed by atoms with E-state index in [0.717, 1.165) is 11.3 Å². The van der Waals surface area contributed by atoms with Crippen molar-refractivity contribution < 1.29 is 65.4 Å². The minimum atomic E-state index is -6.16. The van der Waals surface area contributed by atoms with E-state index in [1.165, 1.54) is 17.0 Å². The monoisotopic (exact) mass is 698 g/mol. The highest BCUT2D eigenvalue weighted by Crippen LogP contribution is 2.61. The molecule has 232 valence electrons. The number of nitrogens with zero attached hydrogens (tertiary/aromatic N) is 4. The molecule has 3 aromatic heterocycles. The highest BCUT2D eigenvalue weighted by Gasteiger charge is 2.55. The Labute approximate surface area is 247 Å². The molecular weight excluding hydrogens is 683 g/mol. The fourth-order valence-corrected chi connectivity index (χ4v) is 7.96. The summed E-state index contributed by atoms with van der Waals surface area (Å²) in [5, 5.41) is 13.5. The zero-order valence-electron chi connectivity index (χ0n) is 20.6. The number of nitrogens with one attached hydrogen (secondary N) is 2. The molecule has 8 atom stereocenters. The van der Waals surface area contributed by atoms with Gasteiger partial charge in [0, 0.05) is 0 Å². The summed E-state index contributed by atoms with van der Waals surface area (Å²) in [4.78, 5) is 66.6. The predicted octanol–water partition coefficient (Wildman–Crippen LogP) is -0.902. The number of nitrogen functional groups attached to an aromatic ring is 1. The highest BCUT2D eigenvalue weighted by molar-refractivity contribution is 7.71. The summed E-state index contributed by atoms with van der Waals surface area (Å²) < 4.78 is 64.5. The average Bonchev–Trinajstić information content (AvgIpc) is 3.64. The molecule has 0 aromatic carbocycles. The number of amides is 1. The summed E-state index contributed by atoms with van der Waals surface area (Å²) in [5.41, 5.74) is 6.33. The van der Waals surface area contributed by atoms with E-state index in [-0.39, 0.29) is 32.3 Å². The molecule has 5 heterocycles. The molecule has 2 saturated heterocycles. The summed E-state index contributed by atoms with van der Waals surface area (Å²) in [6, 6.07) is 3.38. The van der Waals surface area contributed by atoms with Gasteiger partial charge in [0.1, 0.15) is 40.5 Å². The van der Waals surface area contributed by atoms with Crippen LogP contribution in [0.4, 0.5) is 10.9 Å². The summed E-state index contributed by atoms with van der Waals surface area (Å²) >= 11 is 6.22. The maximum absolute atomic E-state index is 12.9. The van der Waals surface area contributed by atoms with Crippen molar-refractivity contribution in [2.24, 2.45) is 0 Å². The van der Waals surface area contributed by atoms with Gasteiger partial charge in [0.2, 0.25) is 6.29 Å². The number of ether oxygens (including phenoxy) is 3. The second kappa shape index (κ2) is 11.8. The number of fused-ring (bicyclic) bond motifs is 2. The molecule has 5 N–H and O–H groups in total. The van der Waals surface area contributed by atoms with Crippen LogP contribution in [0.2, 0.25) is 0 Å². The number of aromatic nitrogens is 4. The number of nitriles is 1. The van der Waals surface area contributed by atoms with E-state index < -0.39 is 66.8 Å². The van der Waals surface area contributed by atoms with E-state index in [1.54, 1.807) is 5.38 Å². The van der Waals surface area contributed by atoms with Crippen LogP contribution in [0.25, 0.3) is 11.2 Å². The first-order valence-corrected chi connectivity index (χ1v) is 17.0. The number of carbonyl (C=O) groups excluding carboxylic acids is 1. The largest absolute Gasteiger partial charge is 0.756 e. The molecule has 0 bridgehead atoms. The molecule has 0 saturated carbocycles. The second-order valence-corrected chi connectivity index (χ2v) is 14.1. The number of phosphoric ester groups is 1. The van der Waals surface area contributed by atoms with Gasteiger partial charge >= 0.3 is 0 Å². The molecule has 21 nitrogen and oxygen atoms in total. The quantitative estimate of drug-likeness (QED) is 0.147. The smallest absolute Gasteiger partial charge is 0.282 e. The third-order valence-corrected chi connectivity index (χ3v) is 10.4. The molecule has 1 amide bonds. The van der Waals surface area contributed by atoms with Gasteiger partial charge in [-0.2, -0.15) is 5.26 Å². The number of thiophene rings is 1. The minimum Gasteiger partial charge on any atom is -0.756 e. The van der Waals surface area contributed by atoms with E-state index in [0.29, 0.717) is 0 Å². The van der Waals surface area contributed by atoms with Gasteiger partial charge in [-0.05, 0) is 11.4 Å². The molecule has 43 heavy (non-hydrogen) atoms. The molecule has 3 aromatic rings. The van der Waals surface area contributed by atoms with E-state index in [1.807, 2.05) is 6.07 Å². The van der Waals surface area contributed by atoms with Crippen LogP contribution >= 0.6 is 47.0 Å². The molecule has 7 unspecified atom stereocenters. The van der Waals surface area contributed by atoms with Crippen molar-refractivity contribution in [3.63, 3.8) is 0 Å². The third-order valence-electron chi connectivity index (χ3n) is 5.62. The average molecular weight is 698 g/mol. The van der Waals surface area contributed by atoms with Crippen molar-refractivity contribution in [1.29, 1.82) is 5.26 Å². The third kappa shape index (κ3) is 7.10. The molecule has 2 aliphatic heterocycles. The number of nitrogens with two attached hydrogens (primary N) is 1. The van der Waals surface area contributed by atoms with Crippen LogP contribution in [0.15, 0.2) is 17.8 Å². The Bertz CT molecular complexity index is 1820. The summed E-state index contributed by atoms with van der Waals surface area (Å²) in [7, 11) is -18.0. The zero-order chi connectivity index (χ0) is 31.3. The number of anilines is 2. The first kappa shape index (κ1) is 31.9. The summed E-state index contributed by atoms with van der Waals surface area (Å²) in [6.07, 6.45) is -5.41. The van der Waals surface area contributed by atoms with E-state index in [9.17, 15) is 38.4 Å². The van der Waals surface area contributed by atoms with E-state index >= 15 is 0 Å². The van der Waals surface area contributed by atoms with Crippen LogP contribution in [-0.4, -0.2) is 61.5 Å². The van der Waals surface area contributed by atoms with Crippen LogP contribution in [0.1, 0.15) is 11.8 Å². The van der Waals surface area contributed by atoms with Crippen molar-refractivity contribution in [3.8, 4) is 6.07 Å². The number of carbonyl (C=O) groups is 1. The highest BCUT2D eigenvalue weighted by atomic mass is 32.1. The molecule has 26 heteroatoms. The lowest BCUT2D eigenvalue weighted by Gasteiger charge is -2.33. The van der Waals surface area contributed by atoms with Crippen LogP contribution in [0, 0.1) is 16.0 Å². The Balaban J connectivity index is 1.39. The van der Waals surface area contributed by atoms with Gasteiger partial charge in [-0.15, -0.1) is 11.3 Å². The fourth-order valence-electron chi connectivity index (χ4n) is 4.08. The SMILES string of the molecule is N#Cc1ccsc1NC(=O)[C@@H]1OC2C(COP(=O)([O-])OP(=O)([O-])OP(=O)([O-])O)OC(n3cnc4c(=S)nc(N)[nH]c43)C2O1. The molecule has 0 radical (unpaired) electrons. The van der Waals surface area contributed by atoms with Crippen LogP contribution in [0.3, 0.4) is 0 Å². The second-order valence-electron chi connectivity index (χ2n) is 8.46. The maximum atomic E-state index is 12.9. The Kier molecular flexibility index (Phi) is 8.76. The summed E-state index contributed by atoms with van der Waals surface area (Å²) in [5.74, 6) is -0.915. The van der Waals surface area contributed by atoms with Gasteiger partial charge in [-0.3, -0.25) is 23.1 Å². The first-order valence-electron chi connectivity index (χ1n) is 11.3. The molecule has 0 aliphatic carbocycles. The number of imidazole rings is 1. The number of H-pyrrole nitrogens is 1. The number of rotatable bonds is 10. The maximum Gasteiger partial charge on any atom is 0.282 e. The van der Waals surface area contributed by atoms with Gasteiger partial charge in [-0.1, -0.05) is 12.2 Å². The van der Waals surface area contributed by atoms with Gasteiger partial charge in [0.05, 0.1) is 18.5 Å². The van der Waals surface area contributed by atoms with Crippen molar-refractivity contribution in [2.75, 3.05) is 17.7 Å². The molecule has 5 rings (SSSR count). The number of hydrogen-bond acceptors (Lipinski definition) is 19. The molecule has 2 fully saturated rings. The van der Waals surface area contributed by atoms with Crippen molar-refractivity contribution >= 4 is 75.0 Å². The number of hydrogen-bond donors (Lipinski definition) is 4. The molecule has 2 aliphatic rings. The number of phosphoric acid groups is 3. The normalized spacial score (nSPS) is 27.6. The lowest BCUT2D eigenvalue weighted by molar-refractivity contribution is -0.250. The Morgan fingerprint density at radius 2 is 1.98 bits per heavy atom. The topological polar surface area (TPSA) is 321 Å². The lowest BCUT2D eigenvalue weighted by atomic mass is 10.1. The number of aromatic amines is 1. The van der Waals surface area contributed by atoms with Gasteiger partial charge in [0.15, 0.2) is 16.8 Å². The van der Waals surface area contributed by atoms with E-state index in [4.69, 9.17) is 37.1 Å². The standard InChI is InChI=1S/C17H18N7O14P3S2/c18-3-6-1-2-43-14(6)22-12(25)16-35-9-7(4-33-40(29,30)38-41(31,32)37-39(26,27)28)34-15(10(9)36-16)24-5-20-8-11(24)21-17(19)23-13(8)42/h1-2,5,7,9-10,15-16H,4H2,(H,22,25)(H,29,30)(H,31,32)(H2,26,27,28)(H3,19,21,23,42)/p-3/t7?,9?,10?,15?,16-/m1/s1. The molecular formula is C17H15N7O14P3S2-3. The Morgan fingerprint density at radius 1 is 1.26 bits per heavy atom. The zero-order valence-corrected chi connectivity index (χ0v) is 24.9. The van der Waals surface area contributed by atoms with Crippen molar-refractivity contribution in [2.45, 2.75) is 30.8 Å². The molecule has 0 spiro atoms. The fraction of sp³-hybridized carbons (Fsp3) is 0.353.